The Morgan fingerprint density at radius 3 is 2.17 bits per heavy atom. The minimum absolute atomic E-state index is 0.690. The van der Waals surface area contributed by atoms with Gasteiger partial charge in [0.05, 0.1) is 0 Å². The van der Waals surface area contributed by atoms with Crippen LogP contribution in [0.15, 0.2) is 67.3 Å². The number of hydrogen-bond donors (Lipinski definition) is 0. The normalized spacial score (nSPS) is 21.7. The summed E-state index contributed by atoms with van der Waals surface area (Å²) in [6, 6.07) is 20.6. The average Bonchev–Trinajstić information content (AvgIpc) is 2.66. The number of hydrogen-bond acceptors (Lipinski definition) is 0. The topological polar surface area (TPSA) is 0 Å². The van der Waals surface area contributed by atoms with Crippen molar-refractivity contribution in [2.75, 3.05) is 0 Å². The fourth-order valence-corrected chi connectivity index (χ4v) is 4.79. The monoisotopic (exact) mass is 310 g/mol. The molecule has 0 radical (unpaired) electrons. The summed E-state index contributed by atoms with van der Waals surface area (Å²) in [5.41, 5.74) is 1.56. The average molecular weight is 310 g/mol. The van der Waals surface area contributed by atoms with Crippen molar-refractivity contribution in [2.45, 2.75) is 31.6 Å². The summed E-state index contributed by atoms with van der Waals surface area (Å²) in [4.78, 5) is 0. The number of benzene rings is 4. The SMILES string of the molecule is C=CC1CCC(c2cc3cccc4ccc5cccc2c5c43)CC1. The van der Waals surface area contributed by atoms with Crippen molar-refractivity contribution in [3.8, 4) is 0 Å². The molecule has 1 fully saturated rings. The van der Waals surface area contributed by atoms with Crippen LogP contribution in [0.4, 0.5) is 0 Å². The predicted molar refractivity (Wildman–Crippen MR) is 105 cm³/mol. The molecule has 1 aliphatic carbocycles. The van der Waals surface area contributed by atoms with Gasteiger partial charge in [-0.1, -0.05) is 60.7 Å². The lowest BCUT2D eigenvalue weighted by Gasteiger charge is -2.28. The summed E-state index contributed by atoms with van der Waals surface area (Å²) >= 11 is 0. The number of allylic oxidation sites excluding steroid dienone is 1. The lowest BCUT2D eigenvalue weighted by molar-refractivity contribution is 0.378. The smallest absolute Gasteiger partial charge is 0.00239 e. The minimum Gasteiger partial charge on any atom is -0.103 e. The van der Waals surface area contributed by atoms with Crippen LogP contribution in [0, 0.1) is 5.92 Å². The fourth-order valence-electron chi connectivity index (χ4n) is 4.79. The Hall–Kier alpha value is -2.34. The van der Waals surface area contributed by atoms with Gasteiger partial charge in [0.2, 0.25) is 0 Å². The minimum atomic E-state index is 0.690. The van der Waals surface area contributed by atoms with Gasteiger partial charge < -0.3 is 0 Å². The van der Waals surface area contributed by atoms with Crippen molar-refractivity contribution in [2.24, 2.45) is 5.92 Å². The third kappa shape index (κ3) is 1.99. The van der Waals surface area contributed by atoms with Gasteiger partial charge in [0.1, 0.15) is 0 Å². The van der Waals surface area contributed by atoms with Crippen LogP contribution in [0.3, 0.4) is 0 Å². The van der Waals surface area contributed by atoms with E-state index >= 15 is 0 Å². The molecule has 4 aromatic carbocycles. The molecule has 0 amide bonds. The van der Waals surface area contributed by atoms with Crippen LogP contribution in [0.1, 0.15) is 37.2 Å². The van der Waals surface area contributed by atoms with E-state index in [0.29, 0.717) is 5.92 Å². The van der Waals surface area contributed by atoms with Crippen molar-refractivity contribution in [3.05, 3.63) is 72.8 Å². The highest BCUT2D eigenvalue weighted by Crippen LogP contribution is 2.43. The molecule has 0 spiro atoms. The fraction of sp³-hybridized carbons (Fsp3) is 0.250. The van der Waals surface area contributed by atoms with Gasteiger partial charge >= 0.3 is 0 Å². The van der Waals surface area contributed by atoms with E-state index in [1.165, 1.54) is 58.0 Å². The van der Waals surface area contributed by atoms with E-state index in [2.05, 4.69) is 67.3 Å². The van der Waals surface area contributed by atoms with Gasteiger partial charge in [-0.05, 0) is 75.4 Å². The van der Waals surface area contributed by atoms with Crippen molar-refractivity contribution >= 4 is 32.3 Å². The van der Waals surface area contributed by atoms with Gasteiger partial charge in [-0.3, -0.25) is 0 Å². The van der Waals surface area contributed by atoms with Gasteiger partial charge in [-0.25, -0.2) is 0 Å². The third-order valence-electron chi connectivity index (χ3n) is 6.09. The zero-order valence-electron chi connectivity index (χ0n) is 14.0. The molecule has 0 atom stereocenters. The molecular weight excluding hydrogens is 288 g/mol. The van der Waals surface area contributed by atoms with Crippen molar-refractivity contribution in [1.82, 2.24) is 0 Å². The highest BCUT2D eigenvalue weighted by molar-refractivity contribution is 6.23. The summed E-state index contributed by atoms with van der Waals surface area (Å²) in [7, 11) is 0. The van der Waals surface area contributed by atoms with Crippen LogP contribution < -0.4 is 0 Å². The zero-order valence-corrected chi connectivity index (χ0v) is 14.0. The van der Waals surface area contributed by atoms with E-state index in [1.807, 2.05) is 0 Å². The molecule has 1 saturated carbocycles. The summed E-state index contributed by atoms with van der Waals surface area (Å²) in [6.07, 6.45) is 7.30. The highest BCUT2D eigenvalue weighted by atomic mass is 14.3. The first-order valence-electron chi connectivity index (χ1n) is 9.14. The maximum atomic E-state index is 3.99. The van der Waals surface area contributed by atoms with Crippen molar-refractivity contribution in [3.63, 3.8) is 0 Å². The molecule has 0 heteroatoms. The van der Waals surface area contributed by atoms with E-state index in [-0.39, 0.29) is 0 Å². The summed E-state index contributed by atoms with van der Waals surface area (Å²) in [5, 5.41) is 8.51. The van der Waals surface area contributed by atoms with Crippen molar-refractivity contribution in [1.29, 1.82) is 0 Å². The van der Waals surface area contributed by atoms with E-state index in [4.69, 9.17) is 0 Å². The molecule has 0 unspecified atom stereocenters. The molecule has 0 heterocycles. The maximum Gasteiger partial charge on any atom is -0.00239 e. The lowest BCUT2D eigenvalue weighted by Crippen LogP contribution is -2.12. The van der Waals surface area contributed by atoms with Gasteiger partial charge in [0.25, 0.3) is 0 Å². The van der Waals surface area contributed by atoms with Crippen LogP contribution in [0.25, 0.3) is 32.3 Å². The van der Waals surface area contributed by atoms with Crippen LogP contribution in [0.5, 0.6) is 0 Å². The van der Waals surface area contributed by atoms with Crippen molar-refractivity contribution < 1.29 is 0 Å². The number of rotatable bonds is 2. The van der Waals surface area contributed by atoms with Gasteiger partial charge in [-0.15, -0.1) is 6.58 Å². The molecule has 24 heavy (non-hydrogen) atoms. The second kappa shape index (κ2) is 5.34. The largest absolute Gasteiger partial charge is 0.103 e. The van der Waals surface area contributed by atoms with Crippen LogP contribution in [0.2, 0.25) is 0 Å². The molecule has 0 nitrogen and oxygen atoms in total. The third-order valence-corrected chi connectivity index (χ3v) is 6.09. The molecule has 0 aliphatic heterocycles. The quantitative estimate of drug-likeness (QED) is 0.275. The van der Waals surface area contributed by atoms with Gasteiger partial charge in [0.15, 0.2) is 0 Å². The Morgan fingerprint density at radius 2 is 1.42 bits per heavy atom. The van der Waals surface area contributed by atoms with E-state index in [9.17, 15) is 0 Å². The molecule has 0 N–H and O–H groups in total. The highest BCUT2D eigenvalue weighted by Gasteiger charge is 2.23. The summed E-state index contributed by atoms with van der Waals surface area (Å²) < 4.78 is 0. The predicted octanol–water partition coefficient (Wildman–Crippen LogP) is 7.04. The Balaban J connectivity index is 1.78. The molecule has 0 bridgehead atoms. The van der Waals surface area contributed by atoms with Crippen LogP contribution >= 0.6 is 0 Å². The Morgan fingerprint density at radius 1 is 0.750 bits per heavy atom. The van der Waals surface area contributed by atoms with Crippen LogP contribution in [-0.4, -0.2) is 0 Å². The first-order valence-corrected chi connectivity index (χ1v) is 9.14. The Bertz CT molecular complexity index is 1030. The summed E-state index contributed by atoms with van der Waals surface area (Å²) in [5.74, 6) is 1.41. The summed E-state index contributed by atoms with van der Waals surface area (Å²) in [6.45, 7) is 3.99. The lowest BCUT2D eigenvalue weighted by atomic mass is 9.76. The van der Waals surface area contributed by atoms with Crippen LogP contribution in [-0.2, 0) is 0 Å². The molecule has 0 saturated heterocycles. The molecule has 5 rings (SSSR count). The zero-order chi connectivity index (χ0) is 16.1. The first-order chi connectivity index (χ1) is 11.8. The second-order valence-electron chi connectivity index (χ2n) is 7.36. The van der Waals surface area contributed by atoms with E-state index in [1.54, 1.807) is 5.56 Å². The second-order valence-corrected chi connectivity index (χ2v) is 7.36. The molecule has 1 aliphatic rings. The molecule has 0 aromatic heterocycles. The standard InChI is InChI=1S/C24H22/c1-2-16-9-11-17(12-10-16)22-15-20-7-3-5-18-13-14-19-6-4-8-21(22)24(19)23(18)20/h2-8,13-17H,1,9-12H2. The Labute approximate surface area is 143 Å². The van der Waals surface area contributed by atoms with Gasteiger partial charge in [-0.2, -0.15) is 0 Å². The molecule has 118 valence electrons. The molecular formula is C24H22. The first kappa shape index (κ1) is 14.0. The van der Waals surface area contributed by atoms with E-state index < -0.39 is 0 Å². The van der Waals surface area contributed by atoms with Gasteiger partial charge in [0, 0.05) is 0 Å². The molecule has 4 aromatic rings. The maximum absolute atomic E-state index is 3.99. The van der Waals surface area contributed by atoms with E-state index in [0.717, 1.165) is 5.92 Å². The Kier molecular flexibility index (Phi) is 3.13.